The minimum Gasteiger partial charge on any atom is -0.465 e. The summed E-state index contributed by atoms with van der Waals surface area (Å²) in [6.07, 6.45) is 3.04. The molecule has 0 heterocycles. The lowest BCUT2D eigenvalue weighted by Gasteiger charge is -2.26. The molecule has 1 atom stereocenters. The fourth-order valence-electron chi connectivity index (χ4n) is 1.95. The number of hydrogen-bond acceptors (Lipinski definition) is 4. The zero-order valence-corrected chi connectivity index (χ0v) is 16.4. The normalized spacial score (nSPS) is 14.2. The molecule has 0 saturated carbocycles. The lowest BCUT2D eigenvalue weighted by atomic mass is 10.1. The van der Waals surface area contributed by atoms with Gasteiger partial charge < -0.3 is 14.7 Å². The van der Waals surface area contributed by atoms with E-state index in [9.17, 15) is 4.79 Å². The summed E-state index contributed by atoms with van der Waals surface area (Å²) in [5.41, 5.74) is 0. The molecule has 0 bridgehead atoms. The number of ether oxygens (including phenoxy) is 1. The number of unbranched alkanes of at least 4 members (excludes halogenated alkanes) is 1. The lowest BCUT2D eigenvalue weighted by molar-refractivity contribution is -0.145. The second kappa shape index (κ2) is 8.97. The fraction of sp³-hybridized carbons (Fsp3) is 0.929. The van der Waals surface area contributed by atoms with E-state index in [1.807, 2.05) is 6.92 Å². The van der Waals surface area contributed by atoms with Gasteiger partial charge >= 0.3 is 5.97 Å². The number of carbonyl (C=O) groups is 1. The molecule has 120 valence electrons. The second-order valence-electron chi connectivity index (χ2n) is 7.37. The first kappa shape index (κ1) is 19.8. The molecule has 0 unspecified atom stereocenters. The molecule has 0 aromatic heterocycles. The number of hydrogen-bond donors (Lipinski definition) is 2. The molecule has 0 aliphatic heterocycles. The highest BCUT2D eigenvalue weighted by Crippen LogP contribution is 2.08. The molecule has 0 spiro atoms. The predicted octanol–water partition coefficient (Wildman–Crippen LogP) is 2.94. The first-order chi connectivity index (χ1) is 9.05. The Kier molecular flexibility index (Phi) is 8.89. The van der Waals surface area contributed by atoms with Gasteiger partial charge in [0.15, 0.2) is 0 Å². The minimum atomic E-state index is -1.47. The van der Waals surface area contributed by atoms with Crippen LogP contribution < -0.4 is 9.96 Å². The Balaban J connectivity index is 4.13. The molecule has 0 fully saturated rings. The van der Waals surface area contributed by atoms with Crippen LogP contribution in [0.5, 0.6) is 0 Å². The van der Waals surface area contributed by atoms with Gasteiger partial charge in [-0.05, 0) is 26.3 Å². The Morgan fingerprint density at radius 2 is 1.65 bits per heavy atom. The summed E-state index contributed by atoms with van der Waals surface area (Å²) in [6, 6.07) is -0.131. The van der Waals surface area contributed by atoms with Gasteiger partial charge in [-0.25, -0.2) is 0 Å². The Hall–Kier alpha value is -0.176. The quantitative estimate of drug-likeness (QED) is 0.369. The minimum absolute atomic E-state index is 0.0897. The van der Waals surface area contributed by atoms with E-state index < -0.39 is 16.5 Å². The van der Waals surface area contributed by atoms with Crippen LogP contribution in [-0.4, -0.2) is 41.6 Å². The van der Waals surface area contributed by atoms with Crippen molar-refractivity contribution in [3.63, 3.8) is 0 Å². The summed E-state index contributed by atoms with van der Waals surface area (Å²) in [4.78, 5) is 19.1. The SMILES string of the molecule is CCOC(=O)[C@H](CCCCN[Si](C)(C)C)N[Si](C)(C)C. The summed E-state index contributed by atoms with van der Waals surface area (Å²) >= 11 is 0. The van der Waals surface area contributed by atoms with Gasteiger partial charge in [0.05, 0.1) is 12.6 Å². The maximum Gasteiger partial charge on any atom is 0.322 e. The third-order valence-corrected chi connectivity index (χ3v) is 5.28. The van der Waals surface area contributed by atoms with E-state index >= 15 is 0 Å². The van der Waals surface area contributed by atoms with Gasteiger partial charge in [0.1, 0.15) is 16.5 Å². The van der Waals surface area contributed by atoms with Crippen LogP contribution in [0.25, 0.3) is 0 Å². The van der Waals surface area contributed by atoms with E-state index in [0.29, 0.717) is 6.61 Å². The Morgan fingerprint density at radius 1 is 1.05 bits per heavy atom. The van der Waals surface area contributed by atoms with Gasteiger partial charge in [-0.2, -0.15) is 0 Å². The van der Waals surface area contributed by atoms with Gasteiger partial charge in [-0.1, -0.05) is 45.7 Å². The van der Waals surface area contributed by atoms with Crippen molar-refractivity contribution in [1.29, 1.82) is 0 Å². The molecular formula is C14H34N2O2Si2. The summed E-state index contributed by atoms with van der Waals surface area (Å²) in [5, 5.41) is 0. The van der Waals surface area contributed by atoms with E-state index in [1.54, 1.807) is 0 Å². The molecule has 0 aliphatic carbocycles. The van der Waals surface area contributed by atoms with Gasteiger partial charge in [0, 0.05) is 0 Å². The Labute approximate surface area is 127 Å². The molecule has 0 aromatic rings. The van der Waals surface area contributed by atoms with E-state index in [2.05, 4.69) is 49.2 Å². The van der Waals surface area contributed by atoms with Crippen molar-refractivity contribution in [1.82, 2.24) is 9.96 Å². The monoisotopic (exact) mass is 318 g/mol. The molecule has 0 radical (unpaired) electrons. The highest BCUT2D eigenvalue weighted by atomic mass is 28.3. The summed E-state index contributed by atoms with van der Waals surface area (Å²) in [7, 11) is -2.63. The number of nitrogens with one attached hydrogen (secondary N) is 2. The van der Waals surface area contributed by atoms with Gasteiger partial charge in [-0.3, -0.25) is 4.79 Å². The maximum absolute atomic E-state index is 12.0. The zero-order chi connectivity index (χ0) is 15.8. The van der Waals surface area contributed by atoms with Gasteiger partial charge in [0.2, 0.25) is 0 Å². The standard InChI is InChI=1S/C14H34N2O2Si2/c1-8-18-14(17)13(16-20(5,6)7)11-9-10-12-15-19(2,3)4/h13,15-16H,8-12H2,1-7H3/t13-/m0/s1. The van der Waals surface area contributed by atoms with Crippen LogP contribution in [0, 0.1) is 0 Å². The number of esters is 1. The summed E-state index contributed by atoms with van der Waals surface area (Å²) in [6.45, 7) is 16.9. The van der Waals surface area contributed by atoms with Crippen molar-refractivity contribution in [3.8, 4) is 0 Å². The van der Waals surface area contributed by atoms with E-state index in [4.69, 9.17) is 4.74 Å². The number of rotatable bonds is 10. The summed E-state index contributed by atoms with van der Waals surface area (Å²) in [5.74, 6) is -0.0897. The molecule has 0 rings (SSSR count). The average Bonchev–Trinajstić information content (AvgIpc) is 2.24. The van der Waals surface area contributed by atoms with E-state index in [0.717, 1.165) is 25.8 Å². The maximum atomic E-state index is 12.0. The van der Waals surface area contributed by atoms with Crippen molar-refractivity contribution in [2.24, 2.45) is 0 Å². The summed E-state index contributed by atoms with van der Waals surface area (Å²) < 4.78 is 5.17. The van der Waals surface area contributed by atoms with Crippen molar-refractivity contribution in [2.75, 3.05) is 13.2 Å². The van der Waals surface area contributed by atoms with E-state index in [1.165, 1.54) is 0 Å². The second-order valence-corrected chi connectivity index (χ2v) is 17.0. The van der Waals surface area contributed by atoms with Crippen LogP contribution >= 0.6 is 0 Å². The molecule has 0 amide bonds. The number of carbonyl (C=O) groups excluding carboxylic acids is 1. The fourth-order valence-corrected chi connectivity index (χ4v) is 4.19. The molecule has 20 heavy (non-hydrogen) atoms. The Morgan fingerprint density at radius 3 is 2.10 bits per heavy atom. The molecule has 0 aliphatic rings. The molecule has 2 N–H and O–H groups in total. The van der Waals surface area contributed by atoms with Crippen LogP contribution in [0.3, 0.4) is 0 Å². The molecular weight excluding hydrogens is 284 g/mol. The largest absolute Gasteiger partial charge is 0.465 e. The first-order valence-electron chi connectivity index (χ1n) is 7.74. The highest BCUT2D eigenvalue weighted by molar-refractivity contribution is 6.74. The predicted molar refractivity (Wildman–Crippen MR) is 92.1 cm³/mol. The molecule has 4 nitrogen and oxygen atoms in total. The van der Waals surface area contributed by atoms with E-state index in [-0.39, 0.29) is 12.0 Å². The smallest absolute Gasteiger partial charge is 0.322 e. The van der Waals surface area contributed by atoms with Gasteiger partial charge in [-0.15, -0.1) is 0 Å². The first-order valence-corrected chi connectivity index (χ1v) is 14.7. The average molecular weight is 319 g/mol. The van der Waals surface area contributed by atoms with Crippen molar-refractivity contribution < 1.29 is 9.53 Å². The van der Waals surface area contributed by atoms with Crippen LogP contribution in [0.4, 0.5) is 0 Å². The van der Waals surface area contributed by atoms with Crippen molar-refractivity contribution >= 4 is 22.4 Å². The van der Waals surface area contributed by atoms with Crippen LogP contribution in [0.1, 0.15) is 26.2 Å². The topological polar surface area (TPSA) is 50.4 Å². The third-order valence-electron chi connectivity index (χ3n) is 2.75. The lowest BCUT2D eigenvalue weighted by Crippen LogP contribution is -2.51. The Bertz CT molecular complexity index is 286. The van der Waals surface area contributed by atoms with Crippen LogP contribution in [-0.2, 0) is 9.53 Å². The molecule has 0 saturated heterocycles. The van der Waals surface area contributed by atoms with Crippen LogP contribution in [0.15, 0.2) is 0 Å². The van der Waals surface area contributed by atoms with Crippen LogP contribution in [0.2, 0.25) is 39.3 Å². The zero-order valence-electron chi connectivity index (χ0n) is 14.4. The third kappa shape index (κ3) is 11.6. The molecule has 0 aromatic carbocycles. The van der Waals surface area contributed by atoms with Crippen molar-refractivity contribution in [3.05, 3.63) is 0 Å². The molecule has 6 heteroatoms. The van der Waals surface area contributed by atoms with Gasteiger partial charge in [0.25, 0.3) is 0 Å². The highest BCUT2D eigenvalue weighted by Gasteiger charge is 2.25. The van der Waals surface area contributed by atoms with Crippen molar-refractivity contribution in [2.45, 2.75) is 71.5 Å².